The van der Waals surface area contributed by atoms with Gasteiger partial charge in [0.1, 0.15) is 0 Å². The fraction of sp³-hybridized carbons (Fsp3) is 0.588. The molecule has 108 valence electrons. The quantitative estimate of drug-likeness (QED) is 0.852. The number of likely N-dealkylation sites (tertiary alicyclic amines) is 1. The molecule has 0 saturated carbocycles. The van der Waals surface area contributed by atoms with E-state index in [1.165, 1.54) is 24.8 Å². The third-order valence-corrected chi connectivity index (χ3v) is 4.86. The van der Waals surface area contributed by atoms with Crippen molar-refractivity contribution in [2.24, 2.45) is 0 Å². The molecule has 2 saturated heterocycles. The molecule has 3 nitrogen and oxygen atoms in total. The Morgan fingerprint density at radius 2 is 1.85 bits per heavy atom. The lowest BCUT2D eigenvalue weighted by molar-refractivity contribution is 0.0758. The van der Waals surface area contributed by atoms with Crippen LogP contribution in [0.25, 0.3) is 0 Å². The van der Waals surface area contributed by atoms with Crippen LogP contribution in [0.2, 0.25) is 0 Å². The average Bonchev–Trinajstić information content (AvgIpc) is 2.81. The number of benzene rings is 1. The minimum atomic E-state index is 0.194. The molecule has 1 unspecified atom stereocenters. The standard InChI is InChI=1S/C17H24N2O/c1-14-4-6-15(7-5-14)16(20)19-12-3-9-17(10-13-19)8-2-11-18-17/h4-7,18H,2-3,8-13H2,1H3. The third-order valence-electron chi connectivity index (χ3n) is 4.86. The smallest absolute Gasteiger partial charge is 0.253 e. The highest BCUT2D eigenvalue weighted by Gasteiger charge is 2.35. The lowest BCUT2D eigenvalue weighted by Gasteiger charge is -2.28. The van der Waals surface area contributed by atoms with Crippen LogP contribution < -0.4 is 5.32 Å². The van der Waals surface area contributed by atoms with Gasteiger partial charge in [-0.25, -0.2) is 0 Å². The van der Waals surface area contributed by atoms with Crippen LogP contribution >= 0.6 is 0 Å². The Labute approximate surface area is 121 Å². The van der Waals surface area contributed by atoms with Gasteiger partial charge in [0.05, 0.1) is 0 Å². The number of carbonyl (C=O) groups is 1. The second kappa shape index (κ2) is 5.57. The van der Waals surface area contributed by atoms with Crippen LogP contribution in [-0.2, 0) is 0 Å². The zero-order valence-electron chi connectivity index (χ0n) is 12.3. The number of hydrogen-bond acceptors (Lipinski definition) is 2. The molecule has 2 fully saturated rings. The van der Waals surface area contributed by atoms with E-state index in [1.807, 2.05) is 29.2 Å². The second-order valence-electron chi connectivity index (χ2n) is 6.32. The Kier molecular flexibility index (Phi) is 3.79. The van der Waals surface area contributed by atoms with Crippen molar-refractivity contribution in [2.75, 3.05) is 19.6 Å². The Morgan fingerprint density at radius 1 is 1.10 bits per heavy atom. The predicted molar refractivity (Wildman–Crippen MR) is 80.9 cm³/mol. The van der Waals surface area contributed by atoms with Gasteiger partial charge in [0.2, 0.25) is 0 Å². The number of nitrogens with one attached hydrogen (secondary N) is 1. The van der Waals surface area contributed by atoms with Gasteiger partial charge in [0.25, 0.3) is 5.91 Å². The summed E-state index contributed by atoms with van der Waals surface area (Å²) in [5, 5.41) is 3.68. The molecule has 1 aromatic carbocycles. The van der Waals surface area contributed by atoms with Gasteiger partial charge in [-0.05, 0) is 57.7 Å². The summed E-state index contributed by atoms with van der Waals surface area (Å²) in [5.41, 5.74) is 2.35. The van der Waals surface area contributed by atoms with E-state index in [9.17, 15) is 4.79 Å². The van der Waals surface area contributed by atoms with Gasteiger partial charge in [-0.3, -0.25) is 4.79 Å². The van der Waals surface area contributed by atoms with Crippen LogP contribution in [0.3, 0.4) is 0 Å². The molecule has 1 aromatic rings. The summed E-state index contributed by atoms with van der Waals surface area (Å²) in [6.45, 7) is 4.98. The second-order valence-corrected chi connectivity index (χ2v) is 6.32. The maximum atomic E-state index is 12.6. The molecule has 1 N–H and O–H groups in total. The minimum absolute atomic E-state index is 0.194. The third kappa shape index (κ3) is 2.73. The van der Waals surface area contributed by atoms with Crippen molar-refractivity contribution in [3.63, 3.8) is 0 Å². The fourth-order valence-electron chi connectivity index (χ4n) is 3.57. The molecule has 1 spiro atoms. The first kappa shape index (κ1) is 13.6. The Bertz CT molecular complexity index is 474. The van der Waals surface area contributed by atoms with E-state index in [0.29, 0.717) is 5.54 Å². The lowest BCUT2D eigenvalue weighted by atomic mass is 9.89. The number of amides is 1. The van der Waals surface area contributed by atoms with Gasteiger partial charge in [0.15, 0.2) is 0 Å². The monoisotopic (exact) mass is 272 g/mol. The number of aryl methyl sites for hydroxylation is 1. The van der Waals surface area contributed by atoms with Crippen molar-refractivity contribution >= 4 is 5.91 Å². The summed E-state index contributed by atoms with van der Waals surface area (Å²) in [6, 6.07) is 7.94. The molecule has 0 radical (unpaired) electrons. The highest BCUT2D eigenvalue weighted by atomic mass is 16.2. The Morgan fingerprint density at radius 3 is 2.55 bits per heavy atom. The van der Waals surface area contributed by atoms with Crippen molar-refractivity contribution in [2.45, 2.75) is 44.6 Å². The van der Waals surface area contributed by atoms with Gasteiger partial charge in [-0.2, -0.15) is 0 Å². The predicted octanol–water partition coefficient (Wildman–Crippen LogP) is 2.74. The maximum absolute atomic E-state index is 12.6. The first-order chi connectivity index (χ1) is 9.69. The molecular formula is C17H24N2O. The molecule has 2 aliphatic heterocycles. The van der Waals surface area contributed by atoms with E-state index in [1.54, 1.807) is 0 Å². The molecule has 2 aliphatic rings. The maximum Gasteiger partial charge on any atom is 0.253 e. The molecule has 3 rings (SSSR count). The largest absolute Gasteiger partial charge is 0.339 e. The number of rotatable bonds is 1. The van der Waals surface area contributed by atoms with Gasteiger partial charge in [0, 0.05) is 24.2 Å². The van der Waals surface area contributed by atoms with Crippen molar-refractivity contribution in [3.05, 3.63) is 35.4 Å². The topological polar surface area (TPSA) is 32.3 Å². The minimum Gasteiger partial charge on any atom is -0.339 e. The van der Waals surface area contributed by atoms with Crippen LogP contribution in [0.15, 0.2) is 24.3 Å². The fourth-order valence-corrected chi connectivity index (χ4v) is 3.57. The van der Waals surface area contributed by atoms with Gasteiger partial charge in [-0.15, -0.1) is 0 Å². The summed E-state index contributed by atoms with van der Waals surface area (Å²) in [5.74, 6) is 0.194. The van der Waals surface area contributed by atoms with E-state index in [-0.39, 0.29) is 5.91 Å². The zero-order chi connectivity index (χ0) is 14.0. The van der Waals surface area contributed by atoms with Gasteiger partial charge in [-0.1, -0.05) is 17.7 Å². The molecule has 0 bridgehead atoms. The summed E-state index contributed by atoms with van der Waals surface area (Å²) in [6.07, 6.45) is 5.99. The summed E-state index contributed by atoms with van der Waals surface area (Å²) in [7, 11) is 0. The Hall–Kier alpha value is -1.35. The normalized spacial score (nSPS) is 26.8. The van der Waals surface area contributed by atoms with Crippen LogP contribution in [0.1, 0.15) is 48.0 Å². The van der Waals surface area contributed by atoms with Crippen molar-refractivity contribution in [1.82, 2.24) is 10.2 Å². The van der Waals surface area contributed by atoms with E-state index in [2.05, 4.69) is 12.2 Å². The van der Waals surface area contributed by atoms with Crippen LogP contribution in [-0.4, -0.2) is 36.0 Å². The van der Waals surface area contributed by atoms with E-state index >= 15 is 0 Å². The number of carbonyl (C=O) groups excluding carboxylic acids is 1. The van der Waals surface area contributed by atoms with Crippen molar-refractivity contribution in [3.8, 4) is 0 Å². The SMILES string of the molecule is Cc1ccc(C(=O)N2CCCC3(CCCN3)CC2)cc1. The molecule has 1 atom stereocenters. The first-order valence-electron chi connectivity index (χ1n) is 7.80. The van der Waals surface area contributed by atoms with E-state index < -0.39 is 0 Å². The van der Waals surface area contributed by atoms with Crippen LogP contribution in [0, 0.1) is 6.92 Å². The zero-order valence-corrected chi connectivity index (χ0v) is 12.3. The average molecular weight is 272 g/mol. The first-order valence-corrected chi connectivity index (χ1v) is 7.80. The lowest BCUT2D eigenvalue weighted by Crippen LogP contribution is -2.41. The van der Waals surface area contributed by atoms with Crippen molar-refractivity contribution in [1.29, 1.82) is 0 Å². The molecular weight excluding hydrogens is 248 g/mol. The summed E-state index contributed by atoms with van der Waals surface area (Å²) < 4.78 is 0. The van der Waals surface area contributed by atoms with E-state index in [4.69, 9.17) is 0 Å². The molecule has 3 heteroatoms. The molecule has 2 heterocycles. The molecule has 20 heavy (non-hydrogen) atoms. The molecule has 1 amide bonds. The molecule has 0 aliphatic carbocycles. The summed E-state index contributed by atoms with van der Waals surface area (Å²) in [4.78, 5) is 14.6. The number of hydrogen-bond donors (Lipinski definition) is 1. The molecule has 0 aromatic heterocycles. The Balaban J connectivity index is 1.68. The number of nitrogens with zero attached hydrogens (tertiary/aromatic N) is 1. The highest BCUT2D eigenvalue weighted by molar-refractivity contribution is 5.94. The van der Waals surface area contributed by atoms with Gasteiger partial charge < -0.3 is 10.2 Å². The summed E-state index contributed by atoms with van der Waals surface area (Å²) >= 11 is 0. The van der Waals surface area contributed by atoms with Gasteiger partial charge >= 0.3 is 0 Å². The van der Waals surface area contributed by atoms with E-state index in [0.717, 1.165) is 38.0 Å². The highest BCUT2D eigenvalue weighted by Crippen LogP contribution is 2.31. The van der Waals surface area contributed by atoms with Crippen molar-refractivity contribution < 1.29 is 4.79 Å². The van der Waals surface area contributed by atoms with Crippen LogP contribution in [0.4, 0.5) is 0 Å². The van der Waals surface area contributed by atoms with Crippen LogP contribution in [0.5, 0.6) is 0 Å².